The normalized spacial score (nSPS) is 10.5. The van der Waals surface area contributed by atoms with Crippen molar-refractivity contribution >= 4 is 23.6 Å². The molecule has 3 N–H and O–H groups in total. The Bertz CT molecular complexity index is 811. The van der Waals surface area contributed by atoms with Crippen molar-refractivity contribution in [1.29, 1.82) is 0 Å². The third kappa shape index (κ3) is 4.17. The summed E-state index contributed by atoms with van der Waals surface area (Å²) >= 11 is 0. The van der Waals surface area contributed by atoms with Gasteiger partial charge >= 0.3 is 0 Å². The van der Waals surface area contributed by atoms with E-state index >= 15 is 0 Å². The lowest BCUT2D eigenvalue weighted by Gasteiger charge is -2.13. The summed E-state index contributed by atoms with van der Waals surface area (Å²) in [7, 11) is 3.06. The van der Waals surface area contributed by atoms with E-state index in [0.717, 1.165) is 5.56 Å². The Kier molecular flexibility index (Phi) is 5.79. The number of nitrogens with one attached hydrogen (secondary N) is 1. The van der Waals surface area contributed by atoms with Crippen LogP contribution in [0.2, 0.25) is 0 Å². The van der Waals surface area contributed by atoms with Gasteiger partial charge in [-0.05, 0) is 43.3 Å². The molecule has 0 aliphatic carbocycles. The third-order valence-corrected chi connectivity index (χ3v) is 3.54. The number of allylic oxidation sites excluding steroid dienone is 1. The predicted molar refractivity (Wildman–Crippen MR) is 97.2 cm³/mol. The molecule has 2 aromatic rings. The summed E-state index contributed by atoms with van der Waals surface area (Å²) in [5.74, 6) is 0.197. The standard InChI is InChI=1S/C19H20N2O4/c1-4-5-13-10-14(11-16(24-2)17(13)25-3)19(23)21-15-8-6-12(7-9-15)18(20)22/h4-11H,1-3H3,(H2,20,22)(H,21,23). The van der Waals surface area contributed by atoms with Crippen molar-refractivity contribution < 1.29 is 19.1 Å². The number of ether oxygens (including phenoxy) is 2. The smallest absolute Gasteiger partial charge is 0.255 e. The molecule has 0 atom stereocenters. The van der Waals surface area contributed by atoms with Crippen molar-refractivity contribution in [2.75, 3.05) is 19.5 Å². The lowest BCUT2D eigenvalue weighted by Crippen LogP contribution is -2.14. The van der Waals surface area contributed by atoms with E-state index in [1.165, 1.54) is 7.11 Å². The zero-order valence-electron chi connectivity index (χ0n) is 14.3. The van der Waals surface area contributed by atoms with Crippen LogP contribution in [0.5, 0.6) is 11.5 Å². The van der Waals surface area contributed by atoms with Crippen molar-refractivity contribution in [3.8, 4) is 11.5 Å². The highest BCUT2D eigenvalue weighted by molar-refractivity contribution is 6.05. The number of carbonyl (C=O) groups excluding carboxylic acids is 2. The number of benzene rings is 2. The maximum atomic E-state index is 12.5. The molecule has 0 aliphatic rings. The number of primary amides is 1. The van der Waals surface area contributed by atoms with E-state index in [4.69, 9.17) is 15.2 Å². The average molecular weight is 340 g/mol. The van der Waals surface area contributed by atoms with Gasteiger partial charge in [-0.2, -0.15) is 0 Å². The van der Waals surface area contributed by atoms with Crippen LogP contribution in [0.4, 0.5) is 5.69 Å². The second-order valence-corrected chi connectivity index (χ2v) is 5.20. The number of methoxy groups -OCH3 is 2. The predicted octanol–water partition coefficient (Wildman–Crippen LogP) is 3.09. The molecule has 0 unspecified atom stereocenters. The molecule has 130 valence electrons. The Morgan fingerprint density at radius 1 is 1.04 bits per heavy atom. The summed E-state index contributed by atoms with van der Waals surface area (Å²) < 4.78 is 10.7. The Balaban J connectivity index is 2.32. The molecular weight excluding hydrogens is 320 g/mol. The van der Waals surface area contributed by atoms with E-state index in [-0.39, 0.29) is 5.91 Å². The van der Waals surface area contributed by atoms with Gasteiger partial charge in [-0.25, -0.2) is 0 Å². The minimum absolute atomic E-state index is 0.307. The maximum absolute atomic E-state index is 12.5. The SMILES string of the molecule is CC=Cc1cc(C(=O)Nc2ccc(C(N)=O)cc2)cc(OC)c1OC. The zero-order valence-corrected chi connectivity index (χ0v) is 14.3. The largest absolute Gasteiger partial charge is 0.493 e. The average Bonchev–Trinajstić information content (AvgIpc) is 2.61. The van der Waals surface area contributed by atoms with Gasteiger partial charge in [-0.15, -0.1) is 0 Å². The number of carbonyl (C=O) groups is 2. The fourth-order valence-corrected chi connectivity index (χ4v) is 2.35. The van der Waals surface area contributed by atoms with Crippen molar-refractivity contribution in [3.63, 3.8) is 0 Å². The van der Waals surface area contributed by atoms with E-state index in [1.54, 1.807) is 43.5 Å². The second kappa shape index (κ2) is 8.01. The second-order valence-electron chi connectivity index (χ2n) is 5.20. The molecule has 0 spiro atoms. The molecule has 0 saturated carbocycles. The first-order valence-electron chi connectivity index (χ1n) is 7.60. The first-order valence-corrected chi connectivity index (χ1v) is 7.60. The van der Waals surface area contributed by atoms with Gasteiger partial charge in [0.25, 0.3) is 5.91 Å². The monoisotopic (exact) mass is 340 g/mol. The van der Waals surface area contributed by atoms with Crippen molar-refractivity contribution in [3.05, 3.63) is 59.2 Å². The molecule has 6 heteroatoms. The molecule has 2 amide bonds. The molecule has 2 aromatic carbocycles. The first-order chi connectivity index (χ1) is 12.0. The fourth-order valence-electron chi connectivity index (χ4n) is 2.35. The molecule has 0 aliphatic heterocycles. The van der Waals surface area contributed by atoms with Gasteiger partial charge in [0.05, 0.1) is 14.2 Å². The molecule has 0 bridgehead atoms. The molecule has 0 saturated heterocycles. The Morgan fingerprint density at radius 2 is 1.72 bits per heavy atom. The summed E-state index contributed by atoms with van der Waals surface area (Å²) in [6, 6.07) is 9.67. The van der Waals surface area contributed by atoms with Crippen LogP contribution in [0.1, 0.15) is 33.2 Å². The van der Waals surface area contributed by atoms with Crippen LogP contribution >= 0.6 is 0 Å². The lowest BCUT2D eigenvalue weighted by atomic mass is 10.1. The van der Waals surface area contributed by atoms with Crippen molar-refractivity contribution in [2.45, 2.75) is 6.92 Å². The summed E-state index contributed by atoms with van der Waals surface area (Å²) in [6.07, 6.45) is 3.68. The van der Waals surface area contributed by atoms with E-state index in [1.807, 2.05) is 19.1 Å². The quantitative estimate of drug-likeness (QED) is 0.845. The van der Waals surface area contributed by atoms with Gasteiger partial charge in [0.2, 0.25) is 5.91 Å². The van der Waals surface area contributed by atoms with E-state index in [9.17, 15) is 9.59 Å². The zero-order chi connectivity index (χ0) is 18.4. The Labute approximate surface area is 146 Å². The van der Waals surface area contributed by atoms with Crippen LogP contribution in [0.25, 0.3) is 6.08 Å². The first kappa shape index (κ1) is 18.1. The topological polar surface area (TPSA) is 90.7 Å². The highest BCUT2D eigenvalue weighted by Crippen LogP contribution is 2.33. The maximum Gasteiger partial charge on any atom is 0.255 e. The molecular formula is C19H20N2O4. The van der Waals surface area contributed by atoms with Crippen LogP contribution in [-0.4, -0.2) is 26.0 Å². The number of nitrogens with two attached hydrogens (primary N) is 1. The highest BCUT2D eigenvalue weighted by atomic mass is 16.5. The number of hydrogen-bond acceptors (Lipinski definition) is 4. The number of anilines is 1. The van der Waals surface area contributed by atoms with Crippen LogP contribution in [0.15, 0.2) is 42.5 Å². The van der Waals surface area contributed by atoms with Crippen molar-refractivity contribution in [2.24, 2.45) is 5.73 Å². The van der Waals surface area contributed by atoms with Gasteiger partial charge in [0.15, 0.2) is 11.5 Å². The number of rotatable bonds is 6. The number of amides is 2. The lowest BCUT2D eigenvalue weighted by molar-refractivity contribution is 0.0998. The van der Waals surface area contributed by atoms with E-state index in [2.05, 4.69) is 5.32 Å². The minimum Gasteiger partial charge on any atom is -0.493 e. The van der Waals surface area contributed by atoms with Gasteiger partial charge in [-0.3, -0.25) is 9.59 Å². The summed E-state index contributed by atoms with van der Waals surface area (Å²) in [6.45, 7) is 1.87. The molecule has 2 rings (SSSR count). The van der Waals surface area contributed by atoms with Crippen LogP contribution < -0.4 is 20.5 Å². The molecule has 25 heavy (non-hydrogen) atoms. The van der Waals surface area contributed by atoms with Gasteiger partial charge in [0, 0.05) is 22.4 Å². The highest BCUT2D eigenvalue weighted by Gasteiger charge is 2.15. The molecule has 0 fully saturated rings. The van der Waals surface area contributed by atoms with Gasteiger partial charge < -0.3 is 20.5 Å². The summed E-state index contributed by atoms with van der Waals surface area (Å²) in [5, 5.41) is 2.77. The molecule has 6 nitrogen and oxygen atoms in total. The molecule has 0 heterocycles. The Hall–Kier alpha value is -3.28. The van der Waals surface area contributed by atoms with Crippen LogP contribution in [0.3, 0.4) is 0 Å². The van der Waals surface area contributed by atoms with Crippen LogP contribution in [-0.2, 0) is 0 Å². The van der Waals surface area contributed by atoms with Crippen molar-refractivity contribution in [1.82, 2.24) is 0 Å². The Morgan fingerprint density at radius 3 is 2.24 bits per heavy atom. The van der Waals surface area contributed by atoms with Gasteiger partial charge in [-0.1, -0.05) is 12.2 Å². The molecule has 0 radical (unpaired) electrons. The third-order valence-electron chi connectivity index (χ3n) is 3.54. The fraction of sp³-hybridized carbons (Fsp3) is 0.158. The van der Waals surface area contributed by atoms with Gasteiger partial charge in [0.1, 0.15) is 0 Å². The van der Waals surface area contributed by atoms with Crippen LogP contribution in [0, 0.1) is 0 Å². The number of hydrogen-bond donors (Lipinski definition) is 2. The summed E-state index contributed by atoms with van der Waals surface area (Å²) in [4.78, 5) is 23.6. The molecule has 0 aromatic heterocycles. The van der Waals surface area contributed by atoms with E-state index in [0.29, 0.717) is 28.3 Å². The summed E-state index contributed by atoms with van der Waals surface area (Å²) in [5.41, 5.74) is 7.29. The van der Waals surface area contributed by atoms with E-state index < -0.39 is 5.91 Å². The minimum atomic E-state index is -0.520.